The Morgan fingerprint density at radius 3 is 2.53 bits per heavy atom. The van der Waals surface area contributed by atoms with E-state index in [1.165, 1.54) is 0 Å². The Labute approximate surface area is 185 Å². The molecule has 4 aromatic rings. The summed E-state index contributed by atoms with van der Waals surface area (Å²) in [6.45, 7) is 4.07. The van der Waals surface area contributed by atoms with E-state index in [9.17, 15) is 4.79 Å². The van der Waals surface area contributed by atoms with Crippen molar-refractivity contribution in [3.63, 3.8) is 0 Å². The van der Waals surface area contributed by atoms with E-state index in [1.807, 2.05) is 48.0 Å². The lowest BCUT2D eigenvalue weighted by Gasteiger charge is -2.10. The van der Waals surface area contributed by atoms with Crippen molar-refractivity contribution in [2.24, 2.45) is 0 Å². The van der Waals surface area contributed by atoms with Gasteiger partial charge >= 0.3 is 0 Å². The van der Waals surface area contributed by atoms with Crippen molar-refractivity contribution in [3.8, 4) is 17.4 Å². The minimum absolute atomic E-state index is 0.0240. The molecule has 32 heavy (non-hydrogen) atoms. The first-order valence-corrected chi connectivity index (χ1v) is 10.1. The Balaban J connectivity index is 1.33. The van der Waals surface area contributed by atoms with E-state index >= 15 is 0 Å². The van der Waals surface area contributed by atoms with E-state index in [0.717, 1.165) is 11.4 Å². The summed E-state index contributed by atoms with van der Waals surface area (Å²) in [6.07, 6.45) is 3.55. The number of carbonyl (C=O) groups excluding carboxylic acids is 1. The molecule has 2 aromatic carbocycles. The molecule has 0 spiro atoms. The number of hydrogen-bond donors (Lipinski definition) is 1. The van der Waals surface area contributed by atoms with Gasteiger partial charge in [0.05, 0.1) is 6.61 Å². The normalized spacial score (nSPS) is 10.7. The quantitative estimate of drug-likeness (QED) is 0.451. The maximum absolute atomic E-state index is 12.1. The summed E-state index contributed by atoms with van der Waals surface area (Å²) in [6, 6.07) is 18.5. The molecule has 0 aliphatic carbocycles. The van der Waals surface area contributed by atoms with Crippen LogP contribution in [0.1, 0.15) is 17.2 Å². The minimum Gasteiger partial charge on any atom is -0.439 e. The van der Waals surface area contributed by atoms with Gasteiger partial charge in [-0.15, -0.1) is 0 Å². The van der Waals surface area contributed by atoms with Gasteiger partial charge in [0.1, 0.15) is 29.8 Å². The van der Waals surface area contributed by atoms with E-state index in [2.05, 4.69) is 20.3 Å². The summed E-state index contributed by atoms with van der Waals surface area (Å²) in [4.78, 5) is 25.1. The van der Waals surface area contributed by atoms with Crippen molar-refractivity contribution in [2.45, 2.75) is 20.5 Å². The summed E-state index contributed by atoms with van der Waals surface area (Å²) < 4.78 is 13.2. The van der Waals surface area contributed by atoms with Gasteiger partial charge in [-0.25, -0.2) is 9.97 Å². The molecule has 0 saturated carbocycles. The standard InChI is InChI=1S/C24H23N5O3/c1-17-26-22(29-13-12-25-18(29)2)14-24(27-17)32-21-10-8-20(9-11-21)28-23(30)16-31-15-19-6-4-3-5-7-19/h3-14H,15-16H2,1-2H3,(H,28,30). The molecule has 8 nitrogen and oxygen atoms in total. The monoisotopic (exact) mass is 429 g/mol. The van der Waals surface area contributed by atoms with Crippen LogP contribution in [0.25, 0.3) is 5.82 Å². The van der Waals surface area contributed by atoms with Crippen LogP contribution >= 0.6 is 0 Å². The molecule has 0 atom stereocenters. The fourth-order valence-electron chi connectivity index (χ4n) is 3.08. The third kappa shape index (κ3) is 5.55. The molecule has 0 unspecified atom stereocenters. The van der Waals surface area contributed by atoms with Crippen LogP contribution in [-0.2, 0) is 16.1 Å². The first-order valence-electron chi connectivity index (χ1n) is 10.1. The van der Waals surface area contributed by atoms with Crippen molar-refractivity contribution >= 4 is 11.6 Å². The lowest BCUT2D eigenvalue weighted by Crippen LogP contribution is -2.18. The van der Waals surface area contributed by atoms with E-state index in [4.69, 9.17) is 9.47 Å². The Hall–Kier alpha value is -4.04. The van der Waals surface area contributed by atoms with Crippen molar-refractivity contribution in [1.29, 1.82) is 0 Å². The lowest BCUT2D eigenvalue weighted by molar-refractivity contribution is -0.121. The second-order valence-electron chi connectivity index (χ2n) is 7.11. The van der Waals surface area contributed by atoms with Crippen LogP contribution in [0.2, 0.25) is 0 Å². The number of nitrogens with one attached hydrogen (secondary N) is 1. The number of carbonyl (C=O) groups is 1. The predicted octanol–water partition coefficient (Wildman–Crippen LogP) is 4.23. The maximum Gasteiger partial charge on any atom is 0.250 e. The maximum atomic E-state index is 12.1. The average molecular weight is 429 g/mol. The number of ether oxygens (including phenoxy) is 2. The van der Waals surface area contributed by atoms with Crippen LogP contribution in [0, 0.1) is 13.8 Å². The Morgan fingerprint density at radius 1 is 1.03 bits per heavy atom. The first-order chi connectivity index (χ1) is 15.6. The molecule has 8 heteroatoms. The highest BCUT2D eigenvalue weighted by Gasteiger charge is 2.09. The molecule has 1 amide bonds. The highest BCUT2D eigenvalue weighted by Crippen LogP contribution is 2.23. The number of aryl methyl sites for hydroxylation is 2. The molecule has 0 bridgehead atoms. The molecule has 2 aromatic heterocycles. The minimum atomic E-state index is -0.221. The van der Waals surface area contributed by atoms with Crippen LogP contribution < -0.4 is 10.1 Å². The Morgan fingerprint density at radius 2 is 1.81 bits per heavy atom. The lowest BCUT2D eigenvalue weighted by atomic mass is 10.2. The third-order valence-electron chi connectivity index (χ3n) is 4.58. The molecule has 0 saturated heterocycles. The van der Waals surface area contributed by atoms with Gasteiger partial charge in [0, 0.05) is 24.1 Å². The second-order valence-corrected chi connectivity index (χ2v) is 7.11. The SMILES string of the molecule is Cc1nc(Oc2ccc(NC(=O)COCc3ccccc3)cc2)cc(-n2ccnc2C)n1. The molecule has 2 heterocycles. The molecule has 0 aliphatic rings. The van der Waals surface area contributed by atoms with Crippen LogP contribution in [0.15, 0.2) is 73.1 Å². The van der Waals surface area contributed by atoms with E-state index in [-0.39, 0.29) is 12.5 Å². The molecular weight excluding hydrogens is 406 g/mol. The van der Waals surface area contributed by atoms with E-state index < -0.39 is 0 Å². The van der Waals surface area contributed by atoms with Gasteiger partial charge in [-0.3, -0.25) is 9.36 Å². The van der Waals surface area contributed by atoms with Crippen molar-refractivity contribution in [3.05, 3.63) is 90.3 Å². The van der Waals surface area contributed by atoms with Gasteiger partial charge in [-0.05, 0) is 43.7 Å². The number of anilines is 1. The number of hydrogen-bond acceptors (Lipinski definition) is 6. The average Bonchev–Trinajstić information content (AvgIpc) is 3.21. The largest absolute Gasteiger partial charge is 0.439 e. The fourth-order valence-corrected chi connectivity index (χ4v) is 3.08. The van der Waals surface area contributed by atoms with Crippen LogP contribution in [0.3, 0.4) is 0 Å². The molecule has 4 rings (SSSR count). The van der Waals surface area contributed by atoms with Crippen molar-refractivity contribution in [1.82, 2.24) is 19.5 Å². The number of benzene rings is 2. The summed E-state index contributed by atoms with van der Waals surface area (Å²) in [5.74, 6) is 2.89. The van der Waals surface area contributed by atoms with Crippen LogP contribution in [0.5, 0.6) is 11.6 Å². The third-order valence-corrected chi connectivity index (χ3v) is 4.58. The summed E-state index contributed by atoms with van der Waals surface area (Å²) >= 11 is 0. The van der Waals surface area contributed by atoms with Gasteiger partial charge in [-0.2, -0.15) is 4.98 Å². The zero-order chi connectivity index (χ0) is 22.3. The zero-order valence-corrected chi connectivity index (χ0v) is 17.9. The van der Waals surface area contributed by atoms with Crippen molar-refractivity contribution in [2.75, 3.05) is 11.9 Å². The first kappa shape index (κ1) is 21.2. The zero-order valence-electron chi connectivity index (χ0n) is 17.9. The van der Waals surface area contributed by atoms with Gasteiger partial charge < -0.3 is 14.8 Å². The summed E-state index contributed by atoms with van der Waals surface area (Å²) in [7, 11) is 0. The molecular formula is C24H23N5O3. The number of rotatable bonds is 8. The van der Waals surface area contributed by atoms with Gasteiger partial charge in [-0.1, -0.05) is 30.3 Å². The van der Waals surface area contributed by atoms with Crippen molar-refractivity contribution < 1.29 is 14.3 Å². The van der Waals surface area contributed by atoms with Gasteiger partial charge in [0.15, 0.2) is 0 Å². The van der Waals surface area contributed by atoms with E-state index in [0.29, 0.717) is 35.6 Å². The molecule has 1 N–H and O–H groups in total. The fraction of sp³-hybridized carbons (Fsp3) is 0.167. The number of aromatic nitrogens is 4. The number of imidazole rings is 1. The van der Waals surface area contributed by atoms with Crippen LogP contribution in [-0.4, -0.2) is 32.0 Å². The second kappa shape index (κ2) is 9.84. The topological polar surface area (TPSA) is 91.2 Å². The molecule has 0 aliphatic heterocycles. The summed E-state index contributed by atoms with van der Waals surface area (Å²) in [5, 5.41) is 2.81. The smallest absolute Gasteiger partial charge is 0.250 e. The van der Waals surface area contributed by atoms with Gasteiger partial charge in [0.2, 0.25) is 11.8 Å². The number of amides is 1. The predicted molar refractivity (Wildman–Crippen MR) is 120 cm³/mol. The highest BCUT2D eigenvalue weighted by molar-refractivity contribution is 5.91. The Bertz CT molecular complexity index is 1190. The highest BCUT2D eigenvalue weighted by atomic mass is 16.5. The molecule has 0 radical (unpaired) electrons. The molecule has 0 fully saturated rings. The Kier molecular flexibility index (Phi) is 6.52. The van der Waals surface area contributed by atoms with Crippen LogP contribution in [0.4, 0.5) is 5.69 Å². The number of nitrogens with zero attached hydrogens (tertiary/aromatic N) is 4. The van der Waals surface area contributed by atoms with Gasteiger partial charge in [0.25, 0.3) is 0 Å². The summed E-state index contributed by atoms with van der Waals surface area (Å²) in [5.41, 5.74) is 1.67. The van der Waals surface area contributed by atoms with E-state index in [1.54, 1.807) is 43.5 Å². The molecule has 162 valence electrons.